The summed E-state index contributed by atoms with van der Waals surface area (Å²) in [7, 11) is -4.32. The minimum absolute atomic E-state index is 0.0270. The van der Waals surface area contributed by atoms with E-state index in [4.69, 9.17) is 5.73 Å². The first kappa shape index (κ1) is 23.0. The zero-order valence-electron chi connectivity index (χ0n) is 16.0. The number of anilines is 2. The van der Waals surface area contributed by atoms with Crippen LogP contribution >= 0.6 is 0 Å². The number of nitrogens with one attached hydrogen (secondary N) is 1. The van der Waals surface area contributed by atoms with E-state index in [1.165, 1.54) is 0 Å². The molecule has 1 aliphatic rings. The number of hydrogen-bond acceptors (Lipinski definition) is 5. The number of nitrogens with zero attached hydrogens (tertiary/aromatic N) is 1. The number of amides is 1. The van der Waals surface area contributed by atoms with Crippen LogP contribution in [0.4, 0.5) is 28.9 Å². The maximum Gasteiger partial charge on any atom is 0.266 e. The number of hydrogen-bond donors (Lipinski definition) is 3. The summed E-state index contributed by atoms with van der Waals surface area (Å²) >= 11 is 0. The molecule has 12 heteroatoms. The van der Waals surface area contributed by atoms with Crippen molar-refractivity contribution in [3.63, 3.8) is 0 Å². The Balaban J connectivity index is 1.92. The molecular weight excluding hydrogens is 442 g/mol. The van der Waals surface area contributed by atoms with Crippen LogP contribution in [0.1, 0.15) is 35.2 Å². The highest BCUT2D eigenvalue weighted by Gasteiger charge is 2.32. The van der Waals surface area contributed by atoms with Gasteiger partial charge in [0.05, 0.1) is 17.2 Å². The molecule has 1 heterocycles. The molecule has 1 fully saturated rings. The van der Waals surface area contributed by atoms with Crippen LogP contribution in [0.2, 0.25) is 0 Å². The Labute approximate surface area is 175 Å². The minimum Gasteiger partial charge on any atom is -0.398 e. The number of carbonyl (C=O) groups excluding carboxylic acids is 1. The number of carbonyl (C=O) groups is 1. The van der Waals surface area contributed by atoms with E-state index in [2.05, 4.69) is 5.32 Å². The Morgan fingerprint density at radius 3 is 2.39 bits per heavy atom. The standard InChI is InChI=1S/C19H19F4N3O4S/c20-14-2-1-10(7-12(14)18(22)23)25-19(28)13-8-17(15(21)9-16(13)24)31(29,30)26-5-3-11(27)4-6-26/h1-2,7-9,11,18,27H,3-6,24H2,(H,25,28). The summed E-state index contributed by atoms with van der Waals surface area (Å²) < 4.78 is 80.2. The molecule has 4 N–H and O–H groups in total. The van der Waals surface area contributed by atoms with Crippen molar-refractivity contribution in [2.75, 3.05) is 24.1 Å². The molecule has 168 valence electrons. The highest BCUT2D eigenvalue weighted by Crippen LogP contribution is 2.29. The third-order valence-electron chi connectivity index (χ3n) is 4.88. The highest BCUT2D eigenvalue weighted by molar-refractivity contribution is 7.89. The molecule has 0 aromatic heterocycles. The topological polar surface area (TPSA) is 113 Å². The summed E-state index contributed by atoms with van der Waals surface area (Å²) in [6.07, 6.45) is -3.41. The van der Waals surface area contributed by atoms with E-state index in [9.17, 15) is 35.9 Å². The predicted octanol–water partition coefficient (Wildman–Crippen LogP) is 2.88. The van der Waals surface area contributed by atoms with Gasteiger partial charge in [-0.2, -0.15) is 4.31 Å². The molecule has 0 spiro atoms. The molecule has 3 rings (SSSR count). The Morgan fingerprint density at radius 2 is 1.77 bits per heavy atom. The molecule has 0 unspecified atom stereocenters. The van der Waals surface area contributed by atoms with E-state index in [0.29, 0.717) is 6.07 Å². The van der Waals surface area contributed by atoms with E-state index in [-0.39, 0.29) is 37.3 Å². The van der Waals surface area contributed by atoms with Crippen LogP contribution in [-0.2, 0) is 10.0 Å². The van der Waals surface area contributed by atoms with E-state index in [0.717, 1.165) is 28.6 Å². The summed E-state index contributed by atoms with van der Waals surface area (Å²) in [4.78, 5) is 11.8. The number of rotatable bonds is 5. The van der Waals surface area contributed by atoms with Gasteiger partial charge in [-0.05, 0) is 43.2 Å². The smallest absolute Gasteiger partial charge is 0.266 e. The SMILES string of the molecule is Nc1cc(F)c(S(=O)(=O)N2CCC(O)CC2)cc1C(=O)Nc1ccc(F)c(C(F)F)c1. The molecular formula is C19H19F4N3O4S. The quantitative estimate of drug-likeness (QED) is 0.468. The van der Waals surface area contributed by atoms with Gasteiger partial charge < -0.3 is 16.2 Å². The van der Waals surface area contributed by atoms with Gasteiger partial charge in [0.1, 0.15) is 16.5 Å². The van der Waals surface area contributed by atoms with Gasteiger partial charge in [-0.25, -0.2) is 26.0 Å². The van der Waals surface area contributed by atoms with E-state index >= 15 is 0 Å². The summed E-state index contributed by atoms with van der Waals surface area (Å²) in [6.45, 7) is -0.0539. The van der Waals surface area contributed by atoms with E-state index in [1.54, 1.807) is 0 Å². The zero-order valence-corrected chi connectivity index (χ0v) is 16.8. The number of benzene rings is 2. The van der Waals surface area contributed by atoms with Crippen molar-refractivity contribution in [3.8, 4) is 0 Å². The molecule has 1 amide bonds. The van der Waals surface area contributed by atoms with Crippen molar-refractivity contribution < 1.29 is 35.9 Å². The summed E-state index contributed by atoms with van der Waals surface area (Å²) in [6, 6.07) is 3.95. The lowest BCUT2D eigenvalue weighted by atomic mass is 10.1. The summed E-state index contributed by atoms with van der Waals surface area (Å²) in [5.41, 5.74) is 3.78. The van der Waals surface area contributed by atoms with Crippen LogP contribution in [0.25, 0.3) is 0 Å². The second kappa shape index (κ2) is 8.81. The number of halogens is 4. The second-order valence-electron chi connectivity index (χ2n) is 7.00. The molecule has 0 atom stereocenters. The van der Waals surface area contributed by atoms with Crippen LogP contribution in [0, 0.1) is 11.6 Å². The van der Waals surface area contributed by atoms with Gasteiger partial charge >= 0.3 is 0 Å². The number of piperidine rings is 1. The summed E-state index contributed by atoms with van der Waals surface area (Å²) in [5.74, 6) is -3.31. The van der Waals surface area contributed by atoms with E-state index < -0.39 is 56.1 Å². The van der Waals surface area contributed by atoms with Crippen molar-refractivity contribution >= 4 is 27.3 Å². The summed E-state index contributed by atoms with van der Waals surface area (Å²) in [5, 5.41) is 11.8. The fourth-order valence-electron chi connectivity index (χ4n) is 3.17. The predicted molar refractivity (Wildman–Crippen MR) is 104 cm³/mol. The molecule has 1 aliphatic heterocycles. The van der Waals surface area contributed by atoms with Crippen LogP contribution in [0.15, 0.2) is 35.2 Å². The molecule has 0 bridgehead atoms. The first-order chi connectivity index (χ1) is 14.5. The second-order valence-corrected chi connectivity index (χ2v) is 8.90. The Bertz CT molecular complexity index is 1100. The van der Waals surface area contributed by atoms with Crippen molar-refractivity contribution in [2.45, 2.75) is 30.3 Å². The lowest BCUT2D eigenvalue weighted by Gasteiger charge is -2.29. The largest absolute Gasteiger partial charge is 0.398 e. The molecule has 0 saturated carbocycles. The number of nitrogen functional groups attached to an aromatic ring is 1. The number of nitrogens with two attached hydrogens (primary N) is 1. The van der Waals surface area contributed by atoms with Gasteiger partial charge in [-0.15, -0.1) is 0 Å². The Morgan fingerprint density at radius 1 is 1.13 bits per heavy atom. The lowest BCUT2D eigenvalue weighted by Crippen LogP contribution is -2.40. The van der Waals surface area contributed by atoms with Gasteiger partial charge in [0.2, 0.25) is 10.0 Å². The maximum atomic E-state index is 14.4. The monoisotopic (exact) mass is 461 g/mol. The number of alkyl halides is 2. The van der Waals surface area contributed by atoms with Crippen molar-refractivity contribution in [1.29, 1.82) is 0 Å². The van der Waals surface area contributed by atoms with Crippen LogP contribution in [0.3, 0.4) is 0 Å². The third kappa shape index (κ3) is 4.81. The van der Waals surface area contributed by atoms with Crippen LogP contribution < -0.4 is 11.1 Å². The molecule has 0 aliphatic carbocycles. The number of aliphatic hydroxyl groups is 1. The minimum atomic E-state index is -4.32. The molecule has 0 radical (unpaired) electrons. The number of sulfonamides is 1. The van der Waals surface area contributed by atoms with E-state index in [1.807, 2.05) is 0 Å². The zero-order chi connectivity index (χ0) is 22.9. The van der Waals surface area contributed by atoms with Gasteiger partial charge in [0, 0.05) is 24.5 Å². The van der Waals surface area contributed by atoms with Gasteiger partial charge in [0.25, 0.3) is 12.3 Å². The molecule has 2 aromatic carbocycles. The van der Waals surface area contributed by atoms with Crippen molar-refractivity contribution in [2.24, 2.45) is 0 Å². The Kier molecular flexibility index (Phi) is 6.53. The third-order valence-corrected chi connectivity index (χ3v) is 6.79. The first-order valence-electron chi connectivity index (χ1n) is 9.17. The Hall–Kier alpha value is -2.70. The number of aliphatic hydroxyl groups excluding tert-OH is 1. The molecule has 7 nitrogen and oxygen atoms in total. The molecule has 1 saturated heterocycles. The molecule has 2 aromatic rings. The van der Waals surface area contributed by atoms with Crippen LogP contribution in [-0.4, -0.2) is 42.9 Å². The van der Waals surface area contributed by atoms with Gasteiger partial charge in [0.15, 0.2) is 0 Å². The maximum absolute atomic E-state index is 14.4. The van der Waals surface area contributed by atoms with Crippen molar-refractivity contribution in [3.05, 3.63) is 53.1 Å². The highest BCUT2D eigenvalue weighted by atomic mass is 32.2. The fourth-order valence-corrected chi connectivity index (χ4v) is 4.71. The average molecular weight is 461 g/mol. The van der Waals surface area contributed by atoms with Crippen LogP contribution in [0.5, 0.6) is 0 Å². The fraction of sp³-hybridized carbons (Fsp3) is 0.316. The average Bonchev–Trinajstić information content (AvgIpc) is 2.69. The first-order valence-corrected chi connectivity index (χ1v) is 10.6. The lowest BCUT2D eigenvalue weighted by molar-refractivity contribution is 0.102. The van der Waals surface area contributed by atoms with Gasteiger partial charge in [-0.3, -0.25) is 4.79 Å². The van der Waals surface area contributed by atoms with Crippen molar-refractivity contribution in [1.82, 2.24) is 4.31 Å². The van der Waals surface area contributed by atoms with Gasteiger partial charge in [-0.1, -0.05) is 0 Å². The molecule has 31 heavy (non-hydrogen) atoms. The normalized spacial score (nSPS) is 15.9.